The average Bonchev–Trinajstić information content (AvgIpc) is 3.07. The summed E-state index contributed by atoms with van der Waals surface area (Å²) in [4.78, 5) is 50.6. The summed E-state index contributed by atoms with van der Waals surface area (Å²) in [6.45, 7) is 0. The highest BCUT2D eigenvalue weighted by Gasteiger charge is 2.46. The fraction of sp³-hybridized carbons (Fsp3) is 0.111. The number of phenolic OH excluding ortho intramolecular Hbond substituents is 8. The van der Waals surface area contributed by atoms with Gasteiger partial charge in [0.25, 0.3) is 0 Å². The number of benzene rings is 4. The van der Waals surface area contributed by atoms with Crippen LogP contribution in [0.3, 0.4) is 0 Å². The van der Waals surface area contributed by atoms with Gasteiger partial charge in [-0.3, -0.25) is 9.59 Å². The quantitative estimate of drug-likeness (QED) is 0.122. The maximum Gasteiger partial charge on any atom is 0.332 e. The molecule has 0 aromatic heterocycles. The molecule has 2 aliphatic carbocycles. The van der Waals surface area contributed by atoms with Gasteiger partial charge < -0.3 is 61.3 Å². The van der Waals surface area contributed by atoms with Crippen LogP contribution in [0.25, 0.3) is 23.3 Å². The van der Waals surface area contributed by atoms with E-state index in [0.29, 0.717) is 0 Å². The summed E-state index contributed by atoms with van der Waals surface area (Å²) >= 11 is 0. The first-order valence-electron chi connectivity index (χ1n) is 15.0. The molecule has 4 aromatic carbocycles. The Labute approximate surface area is 290 Å². The molecule has 4 aromatic rings. The van der Waals surface area contributed by atoms with Crippen molar-refractivity contribution in [3.05, 3.63) is 93.1 Å². The predicted molar refractivity (Wildman–Crippen MR) is 175 cm³/mol. The molecule has 0 bridgehead atoms. The van der Waals surface area contributed by atoms with E-state index < -0.39 is 116 Å². The Morgan fingerprint density at radius 3 is 1.08 bits per heavy atom. The summed E-state index contributed by atoms with van der Waals surface area (Å²) in [5.74, 6) is -20.5. The van der Waals surface area contributed by atoms with Crippen LogP contribution in [0, 0.1) is 11.8 Å². The highest BCUT2D eigenvalue weighted by molar-refractivity contribution is 6.06. The molecule has 0 radical (unpaired) electrons. The van der Waals surface area contributed by atoms with Gasteiger partial charge in [0, 0.05) is 23.0 Å². The molecule has 0 spiro atoms. The van der Waals surface area contributed by atoms with Crippen LogP contribution in [-0.2, 0) is 19.2 Å². The van der Waals surface area contributed by atoms with E-state index in [1.165, 1.54) is 12.1 Å². The molecule has 4 atom stereocenters. The Hall–Kier alpha value is -7.36. The fourth-order valence-electron chi connectivity index (χ4n) is 7.08. The van der Waals surface area contributed by atoms with E-state index in [1.54, 1.807) is 0 Å². The number of hydrogen-bond donors (Lipinski definition) is 12. The Balaban J connectivity index is 1.79. The van der Waals surface area contributed by atoms with Gasteiger partial charge in [-0.15, -0.1) is 0 Å². The number of aliphatic carboxylic acids is 4. The molecular formula is C36H26O16. The monoisotopic (exact) mass is 714 g/mol. The minimum Gasteiger partial charge on any atom is -0.504 e. The normalized spacial score (nSPS) is 19.1. The fourth-order valence-corrected chi connectivity index (χ4v) is 7.08. The van der Waals surface area contributed by atoms with E-state index >= 15 is 0 Å². The largest absolute Gasteiger partial charge is 0.504 e. The van der Waals surface area contributed by atoms with Gasteiger partial charge >= 0.3 is 23.9 Å². The van der Waals surface area contributed by atoms with Crippen LogP contribution in [0.15, 0.2) is 59.7 Å². The lowest BCUT2D eigenvalue weighted by Gasteiger charge is -2.34. The van der Waals surface area contributed by atoms with Crippen molar-refractivity contribution in [1.29, 1.82) is 0 Å². The SMILES string of the molecule is O=C(O)C1=Cc2c(cc(O)c(O)c2-c2c(O)c(O)cc3c2C=C(C(=O)O)[C@H](C(=O)O)[C@H]3c2ccc(O)c(O)c2)[C@@H](c2ccc(O)c(O)c2)[C@@H]1C(=O)O. The van der Waals surface area contributed by atoms with Gasteiger partial charge in [0.05, 0.1) is 23.0 Å². The average molecular weight is 715 g/mol. The number of carbonyl (C=O) groups is 4. The summed E-state index contributed by atoms with van der Waals surface area (Å²) < 4.78 is 0. The Morgan fingerprint density at radius 1 is 0.442 bits per heavy atom. The van der Waals surface area contributed by atoms with Gasteiger partial charge in [-0.2, -0.15) is 0 Å². The molecule has 0 aliphatic heterocycles. The zero-order valence-electron chi connectivity index (χ0n) is 26.1. The van der Waals surface area contributed by atoms with Gasteiger partial charge in [-0.1, -0.05) is 12.1 Å². The van der Waals surface area contributed by atoms with Crippen molar-refractivity contribution in [2.75, 3.05) is 0 Å². The molecule has 16 heteroatoms. The molecule has 52 heavy (non-hydrogen) atoms. The third kappa shape index (κ3) is 5.25. The van der Waals surface area contributed by atoms with Crippen LogP contribution in [0.4, 0.5) is 0 Å². The van der Waals surface area contributed by atoms with E-state index in [2.05, 4.69) is 0 Å². The number of fused-ring (bicyclic) bond motifs is 2. The van der Waals surface area contributed by atoms with Gasteiger partial charge in [-0.05, 0) is 81.9 Å². The van der Waals surface area contributed by atoms with Gasteiger partial charge in [-0.25, -0.2) is 9.59 Å². The minimum atomic E-state index is -1.92. The van der Waals surface area contributed by atoms with Crippen LogP contribution in [0.1, 0.15) is 45.2 Å². The highest BCUT2D eigenvalue weighted by Crippen LogP contribution is 2.58. The van der Waals surface area contributed by atoms with Crippen molar-refractivity contribution >= 4 is 36.0 Å². The lowest BCUT2D eigenvalue weighted by molar-refractivity contribution is -0.144. The zero-order chi connectivity index (χ0) is 38.1. The van der Waals surface area contributed by atoms with Crippen LogP contribution in [-0.4, -0.2) is 85.2 Å². The lowest BCUT2D eigenvalue weighted by atomic mass is 9.67. The highest BCUT2D eigenvalue weighted by atomic mass is 16.4. The van der Waals surface area contributed by atoms with Crippen LogP contribution in [0.5, 0.6) is 46.0 Å². The summed E-state index contributed by atoms with van der Waals surface area (Å²) in [6, 6.07) is 8.06. The molecule has 0 unspecified atom stereocenters. The Bertz CT molecular complexity index is 2170. The van der Waals surface area contributed by atoms with Crippen molar-refractivity contribution < 1.29 is 80.5 Å². The molecule has 0 amide bonds. The topological polar surface area (TPSA) is 311 Å². The van der Waals surface area contributed by atoms with Crippen LogP contribution < -0.4 is 0 Å². The molecule has 12 N–H and O–H groups in total. The Kier molecular flexibility index (Phi) is 8.10. The summed E-state index contributed by atoms with van der Waals surface area (Å²) in [5.41, 5.74) is -4.14. The second-order valence-electron chi connectivity index (χ2n) is 12.1. The lowest BCUT2D eigenvalue weighted by Crippen LogP contribution is -2.32. The van der Waals surface area contributed by atoms with Crippen LogP contribution in [0.2, 0.25) is 0 Å². The molecule has 266 valence electrons. The predicted octanol–water partition coefficient (Wildman–Crippen LogP) is 3.63. The van der Waals surface area contributed by atoms with Crippen LogP contribution >= 0.6 is 0 Å². The number of rotatable bonds is 7. The maximum absolute atomic E-state index is 12.7. The maximum atomic E-state index is 12.7. The second-order valence-corrected chi connectivity index (χ2v) is 12.1. The van der Waals surface area contributed by atoms with E-state index in [9.17, 15) is 80.5 Å². The van der Waals surface area contributed by atoms with Crippen molar-refractivity contribution in [3.63, 3.8) is 0 Å². The summed E-state index contributed by atoms with van der Waals surface area (Å²) in [5, 5.41) is 126. The molecule has 2 aliphatic rings. The number of aromatic hydroxyl groups is 8. The molecule has 0 fully saturated rings. The van der Waals surface area contributed by atoms with E-state index in [4.69, 9.17) is 0 Å². The second kappa shape index (κ2) is 12.2. The Morgan fingerprint density at radius 2 is 0.788 bits per heavy atom. The minimum absolute atomic E-state index is 0.0847. The van der Waals surface area contributed by atoms with Crippen molar-refractivity contribution in [2.45, 2.75) is 11.8 Å². The third-order valence-electron chi connectivity index (χ3n) is 9.30. The first-order valence-corrected chi connectivity index (χ1v) is 15.0. The third-order valence-corrected chi connectivity index (χ3v) is 9.30. The van der Waals surface area contributed by atoms with Gasteiger partial charge in [0.1, 0.15) is 0 Å². The van der Waals surface area contributed by atoms with Crippen molar-refractivity contribution in [1.82, 2.24) is 0 Å². The molecular weight excluding hydrogens is 688 g/mol. The van der Waals surface area contributed by atoms with E-state index in [0.717, 1.165) is 48.6 Å². The van der Waals surface area contributed by atoms with Gasteiger partial charge in [0.15, 0.2) is 46.0 Å². The first kappa shape index (κ1) is 34.5. The number of hydrogen-bond acceptors (Lipinski definition) is 12. The number of carboxylic acid groups (broad SMARTS) is 4. The molecule has 0 heterocycles. The van der Waals surface area contributed by atoms with Gasteiger partial charge in [0.2, 0.25) is 0 Å². The molecule has 16 nitrogen and oxygen atoms in total. The summed E-state index contributed by atoms with van der Waals surface area (Å²) in [6.07, 6.45) is 1.66. The zero-order valence-corrected chi connectivity index (χ0v) is 26.1. The molecule has 0 saturated carbocycles. The smallest absolute Gasteiger partial charge is 0.332 e. The standard InChI is InChI=1S/C36H26O16/c37-19-3-1-11(5-21(19)39)25-15-9-23(41)31(43)27(13(15)7-17(33(45)46)29(25)35(49)50)28-14-8-18(34(47)48)30(36(51)52)26(16(14)10-24(42)32(28)44)12-2-4-20(38)22(40)6-12/h1-10,25-26,29-30,37-44H,(H,45,46)(H,47,48)(H,49,50)(H,51,52)/t25-,26+,29-,30+. The number of carboxylic acids is 4. The molecule has 6 rings (SSSR count). The first-order chi connectivity index (χ1) is 24.4. The van der Waals surface area contributed by atoms with E-state index in [1.807, 2.05) is 0 Å². The van der Waals surface area contributed by atoms with Crippen molar-refractivity contribution in [3.8, 4) is 57.1 Å². The number of phenols is 8. The van der Waals surface area contributed by atoms with Crippen molar-refractivity contribution in [2.24, 2.45) is 11.8 Å². The van der Waals surface area contributed by atoms with E-state index in [-0.39, 0.29) is 33.4 Å². The molecule has 0 saturated heterocycles. The summed E-state index contributed by atoms with van der Waals surface area (Å²) in [7, 11) is 0.